The molecule has 196 valence electrons. The molecule has 3 rings (SSSR count). The summed E-state index contributed by atoms with van der Waals surface area (Å²) in [5, 5.41) is 21.6. The van der Waals surface area contributed by atoms with Gasteiger partial charge in [0, 0.05) is 25.8 Å². The summed E-state index contributed by atoms with van der Waals surface area (Å²) in [5.74, 6) is -0.299. The number of nitrogens with two attached hydrogens (primary N) is 1. The van der Waals surface area contributed by atoms with Crippen molar-refractivity contribution in [1.29, 1.82) is 0 Å². The van der Waals surface area contributed by atoms with Gasteiger partial charge in [0.15, 0.2) is 0 Å². The highest BCUT2D eigenvalue weighted by Gasteiger charge is 2.30. The van der Waals surface area contributed by atoms with Crippen LogP contribution in [0.15, 0.2) is 18.3 Å². The molecular formula is C23H33N7O6. The van der Waals surface area contributed by atoms with Crippen LogP contribution in [0.25, 0.3) is 0 Å². The number of esters is 1. The summed E-state index contributed by atoms with van der Waals surface area (Å²) >= 11 is 0. The van der Waals surface area contributed by atoms with Gasteiger partial charge >= 0.3 is 17.7 Å². The Hall–Kier alpha value is -3.74. The van der Waals surface area contributed by atoms with E-state index in [9.17, 15) is 20.0 Å². The monoisotopic (exact) mass is 503 g/mol. The largest absolute Gasteiger partial charge is 0.465 e. The molecule has 0 unspecified atom stereocenters. The predicted molar refractivity (Wildman–Crippen MR) is 133 cm³/mol. The Morgan fingerprint density at radius 1 is 1.31 bits per heavy atom. The quantitative estimate of drug-likeness (QED) is 0.187. The van der Waals surface area contributed by atoms with Gasteiger partial charge in [0.2, 0.25) is 11.6 Å². The first-order valence-electron chi connectivity index (χ1n) is 12.1. The summed E-state index contributed by atoms with van der Waals surface area (Å²) < 4.78 is 10.6. The molecule has 2 aromatic heterocycles. The van der Waals surface area contributed by atoms with E-state index in [0.717, 1.165) is 18.7 Å². The van der Waals surface area contributed by atoms with Crippen LogP contribution < -0.4 is 20.3 Å². The molecule has 0 atom stereocenters. The SMILES string of the molecule is CCCCOc1nc(N)c([N+](=O)[O-])c(N(CC(=O)OCC)Cc2ccc(N3CCC(O)CC3)nc2)n1. The lowest BCUT2D eigenvalue weighted by Crippen LogP contribution is -2.36. The third-order valence-electron chi connectivity index (χ3n) is 5.68. The number of piperidine rings is 1. The Labute approximate surface area is 209 Å². The number of aliphatic hydroxyl groups excluding tert-OH is 1. The number of hydrogen-bond acceptors (Lipinski definition) is 12. The minimum Gasteiger partial charge on any atom is -0.465 e. The fourth-order valence-electron chi connectivity index (χ4n) is 3.79. The van der Waals surface area contributed by atoms with Crippen LogP contribution in [0.3, 0.4) is 0 Å². The van der Waals surface area contributed by atoms with Crippen molar-refractivity contribution < 1.29 is 24.3 Å². The molecule has 0 saturated carbocycles. The van der Waals surface area contributed by atoms with Crippen LogP contribution in [0.4, 0.5) is 23.1 Å². The molecule has 2 aromatic rings. The van der Waals surface area contributed by atoms with E-state index in [1.807, 2.05) is 19.1 Å². The van der Waals surface area contributed by atoms with Crippen molar-refractivity contribution in [3.63, 3.8) is 0 Å². The number of carbonyl (C=O) groups excluding carboxylic acids is 1. The molecule has 1 aliphatic rings. The standard InChI is InChI=1S/C23H33N7O6/c1-3-5-12-36-23-26-21(24)20(30(33)34)22(27-23)29(15-19(32)35-4-2)14-16-6-7-18(25-13-16)28-10-8-17(31)9-11-28/h6-7,13,17,31H,3-5,8-12,14-15H2,1-2H3,(H2,24,26,27). The number of hydrogen-bond donors (Lipinski definition) is 2. The molecule has 0 aromatic carbocycles. The number of nitrogens with zero attached hydrogens (tertiary/aromatic N) is 6. The molecule has 0 bridgehead atoms. The van der Waals surface area contributed by atoms with E-state index in [1.165, 1.54) is 4.90 Å². The topological polar surface area (TPSA) is 170 Å². The zero-order valence-corrected chi connectivity index (χ0v) is 20.6. The van der Waals surface area contributed by atoms with Crippen LogP contribution >= 0.6 is 0 Å². The maximum atomic E-state index is 12.4. The highest BCUT2D eigenvalue weighted by Crippen LogP contribution is 2.33. The minimum absolute atomic E-state index is 0.0799. The van der Waals surface area contributed by atoms with E-state index >= 15 is 0 Å². The van der Waals surface area contributed by atoms with Crippen LogP contribution in [-0.4, -0.2) is 69.9 Å². The molecule has 0 amide bonds. The Kier molecular flexibility index (Phi) is 9.56. The molecule has 0 spiro atoms. The second kappa shape index (κ2) is 12.8. The van der Waals surface area contributed by atoms with E-state index in [2.05, 4.69) is 19.9 Å². The average molecular weight is 504 g/mol. The molecule has 1 saturated heterocycles. The van der Waals surface area contributed by atoms with Crippen LogP contribution in [0.1, 0.15) is 45.1 Å². The van der Waals surface area contributed by atoms with Crippen molar-refractivity contribution in [2.24, 2.45) is 0 Å². The van der Waals surface area contributed by atoms with Gasteiger partial charge in [-0.25, -0.2) is 4.98 Å². The Balaban J connectivity index is 1.90. The normalized spacial score (nSPS) is 13.9. The lowest BCUT2D eigenvalue weighted by molar-refractivity contribution is -0.383. The molecule has 13 nitrogen and oxygen atoms in total. The number of unbranched alkanes of at least 4 members (excludes halogenated alkanes) is 1. The summed E-state index contributed by atoms with van der Waals surface area (Å²) in [6.45, 7) is 5.34. The summed E-state index contributed by atoms with van der Waals surface area (Å²) in [7, 11) is 0. The van der Waals surface area contributed by atoms with E-state index < -0.39 is 16.6 Å². The van der Waals surface area contributed by atoms with Gasteiger partial charge in [-0.1, -0.05) is 19.4 Å². The van der Waals surface area contributed by atoms with Gasteiger partial charge in [-0.2, -0.15) is 9.97 Å². The number of nitro groups is 1. The summed E-state index contributed by atoms with van der Waals surface area (Å²) in [4.78, 5) is 39.7. The number of carbonyl (C=O) groups is 1. The highest BCUT2D eigenvalue weighted by molar-refractivity contribution is 5.78. The average Bonchev–Trinajstić information content (AvgIpc) is 2.84. The van der Waals surface area contributed by atoms with Gasteiger partial charge in [-0.15, -0.1) is 0 Å². The molecule has 0 aliphatic carbocycles. The molecule has 1 fully saturated rings. The predicted octanol–water partition coefficient (Wildman–Crippen LogP) is 2.07. The van der Waals surface area contributed by atoms with E-state index in [0.29, 0.717) is 38.1 Å². The van der Waals surface area contributed by atoms with Crippen LogP contribution in [0.2, 0.25) is 0 Å². The first-order valence-corrected chi connectivity index (χ1v) is 12.1. The summed E-state index contributed by atoms with van der Waals surface area (Å²) in [6, 6.07) is 3.58. The minimum atomic E-state index is -0.676. The fourth-order valence-corrected chi connectivity index (χ4v) is 3.79. The molecule has 3 heterocycles. The number of anilines is 3. The lowest BCUT2D eigenvalue weighted by Gasteiger charge is -2.30. The third-order valence-corrected chi connectivity index (χ3v) is 5.68. The first-order chi connectivity index (χ1) is 17.3. The molecule has 13 heteroatoms. The number of aliphatic hydroxyl groups is 1. The van der Waals surface area contributed by atoms with Crippen LogP contribution in [-0.2, 0) is 16.1 Å². The van der Waals surface area contributed by atoms with Crippen molar-refractivity contribution in [3.05, 3.63) is 34.0 Å². The van der Waals surface area contributed by atoms with E-state index in [1.54, 1.807) is 13.1 Å². The molecule has 0 radical (unpaired) electrons. The number of pyridine rings is 1. The second-order valence-corrected chi connectivity index (χ2v) is 8.43. The van der Waals surface area contributed by atoms with Crippen molar-refractivity contribution in [3.8, 4) is 6.01 Å². The number of nitrogen functional groups attached to an aromatic ring is 1. The van der Waals surface area contributed by atoms with E-state index in [-0.39, 0.29) is 43.4 Å². The number of ether oxygens (including phenoxy) is 2. The molecular weight excluding hydrogens is 470 g/mol. The lowest BCUT2D eigenvalue weighted by atomic mass is 10.1. The van der Waals surface area contributed by atoms with Gasteiger partial charge in [0.05, 0.1) is 24.2 Å². The van der Waals surface area contributed by atoms with Crippen LogP contribution in [0.5, 0.6) is 6.01 Å². The Morgan fingerprint density at radius 3 is 2.67 bits per heavy atom. The maximum absolute atomic E-state index is 12.4. The fraction of sp³-hybridized carbons (Fsp3) is 0.565. The van der Waals surface area contributed by atoms with Crippen LogP contribution in [0, 0.1) is 10.1 Å². The van der Waals surface area contributed by atoms with Gasteiger partial charge < -0.3 is 30.1 Å². The molecule has 1 aliphatic heterocycles. The van der Waals surface area contributed by atoms with E-state index in [4.69, 9.17) is 15.2 Å². The van der Waals surface area contributed by atoms with Crippen molar-refractivity contribution in [2.75, 3.05) is 48.4 Å². The zero-order chi connectivity index (χ0) is 26.1. The zero-order valence-electron chi connectivity index (χ0n) is 20.6. The molecule has 36 heavy (non-hydrogen) atoms. The Morgan fingerprint density at radius 2 is 2.06 bits per heavy atom. The van der Waals surface area contributed by atoms with Gasteiger partial charge in [-0.3, -0.25) is 14.9 Å². The summed E-state index contributed by atoms with van der Waals surface area (Å²) in [5.41, 5.74) is 6.09. The van der Waals surface area contributed by atoms with Gasteiger partial charge in [-0.05, 0) is 37.8 Å². The van der Waals surface area contributed by atoms with Crippen molar-refractivity contribution >= 4 is 29.1 Å². The number of aromatic nitrogens is 3. The summed E-state index contributed by atoms with van der Waals surface area (Å²) in [6.07, 6.45) is 4.34. The number of rotatable bonds is 12. The van der Waals surface area contributed by atoms with Crippen molar-refractivity contribution in [1.82, 2.24) is 15.0 Å². The highest BCUT2D eigenvalue weighted by atomic mass is 16.6. The van der Waals surface area contributed by atoms with Gasteiger partial charge in [0.25, 0.3) is 0 Å². The Bertz CT molecular complexity index is 1030. The second-order valence-electron chi connectivity index (χ2n) is 8.43. The smallest absolute Gasteiger partial charge is 0.353 e. The maximum Gasteiger partial charge on any atom is 0.353 e. The first kappa shape index (κ1) is 26.9. The molecule has 3 N–H and O–H groups in total. The van der Waals surface area contributed by atoms with Gasteiger partial charge in [0.1, 0.15) is 12.4 Å². The third kappa shape index (κ3) is 7.13. The van der Waals surface area contributed by atoms with Crippen molar-refractivity contribution in [2.45, 2.75) is 52.2 Å².